The number of ether oxygens (including phenoxy) is 1. The van der Waals surface area contributed by atoms with Crippen LogP contribution in [0.3, 0.4) is 0 Å². The van der Waals surface area contributed by atoms with Crippen LogP contribution in [0.4, 0.5) is 0 Å². The fourth-order valence-electron chi connectivity index (χ4n) is 1.34. The van der Waals surface area contributed by atoms with E-state index in [9.17, 15) is 9.59 Å². The highest BCUT2D eigenvalue weighted by atomic mass is 32.1. The lowest BCUT2D eigenvalue weighted by Crippen LogP contribution is -2.30. The Labute approximate surface area is 102 Å². The van der Waals surface area contributed by atoms with Gasteiger partial charge in [-0.2, -0.15) is 0 Å². The van der Waals surface area contributed by atoms with E-state index in [0.29, 0.717) is 12.5 Å². The lowest BCUT2D eigenvalue weighted by Gasteiger charge is -2.06. The van der Waals surface area contributed by atoms with Gasteiger partial charge in [0.2, 0.25) is 0 Å². The smallest absolute Gasteiger partial charge is 0.349 e. The first kappa shape index (κ1) is 11.9. The van der Waals surface area contributed by atoms with Gasteiger partial charge in [-0.15, -0.1) is 11.3 Å². The summed E-state index contributed by atoms with van der Waals surface area (Å²) in [7, 11) is 0. The standard InChI is InChI=1S/C11H13NO4S/c13-9(12-5-7-1-2-7)6-16-8-3-4-17-10(8)11(14)15/h3-4,7H,1-2,5-6H2,(H,12,13)(H,14,15). The molecule has 0 spiro atoms. The molecule has 2 N–H and O–H groups in total. The molecule has 0 atom stereocenters. The van der Waals surface area contributed by atoms with Gasteiger partial charge in [0, 0.05) is 6.54 Å². The van der Waals surface area contributed by atoms with Gasteiger partial charge >= 0.3 is 5.97 Å². The van der Waals surface area contributed by atoms with Crippen LogP contribution in [-0.4, -0.2) is 30.1 Å². The molecule has 0 aliphatic heterocycles. The summed E-state index contributed by atoms with van der Waals surface area (Å²) in [4.78, 5) is 22.3. The molecule has 1 aliphatic rings. The van der Waals surface area contributed by atoms with Crippen LogP contribution in [0.2, 0.25) is 0 Å². The van der Waals surface area contributed by atoms with Crippen LogP contribution in [0.1, 0.15) is 22.5 Å². The molecule has 0 unspecified atom stereocenters. The Hall–Kier alpha value is -1.56. The summed E-state index contributed by atoms with van der Waals surface area (Å²) in [6.07, 6.45) is 2.35. The number of hydrogen-bond donors (Lipinski definition) is 2. The molecule has 1 heterocycles. The molecule has 0 bridgehead atoms. The summed E-state index contributed by atoms with van der Waals surface area (Å²) in [5.41, 5.74) is 0. The van der Waals surface area contributed by atoms with E-state index in [1.54, 1.807) is 11.4 Å². The Kier molecular flexibility index (Phi) is 3.63. The zero-order valence-corrected chi connectivity index (χ0v) is 9.96. The van der Waals surface area contributed by atoms with Crippen LogP contribution >= 0.6 is 11.3 Å². The summed E-state index contributed by atoms with van der Waals surface area (Å²) < 4.78 is 5.17. The van der Waals surface area contributed by atoms with Gasteiger partial charge in [-0.05, 0) is 30.2 Å². The summed E-state index contributed by atoms with van der Waals surface area (Å²) in [6.45, 7) is 0.557. The number of carboxylic acid groups (broad SMARTS) is 1. The number of rotatable bonds is 6. The van der Waals surface area contributed by atoms with E-state index in [4.69, 9.17) is 9.84 Å². The summed E-state index contributed by atoms with van der Waals surface area (Å²) in [5.74, 6) is -0.369. The summed E-state index contributed by atoms with van der Waals surface area (Å²) in [6, 6.07) is 1.56. The second kappa shape index (κ2) is 5.18. The fourth-order valence-corrected chi connectivity index (χ4v) is 2.01. The van der Waals surface area contributed by atoms with E-state index in [2.05, 4.69) is 5.32 Å². The molecule has 1 saturated carbocycles. The van der Waals surface area contributed by atoms with Crippen molar-refractivity contribution in [2.45, 2.75) is 12.8 Å². The number of hydrogen-bond acceptors (Lipinski definition) is 4. The molecule has 5 nitrogen and oxygen atoms in total. The van der Waals surface area contributed by atoms with Gasteiger partial charge in [-0.25, -0.2) is 4.79 Å². The minimum absolute atomic E-state index is 0.125. The first-order valence-electron chi connectivity index (χ1n) is 5.37. The number of carbonyl (C=O) groups excluding carboxylic acids is 1. The number of carboxylic acids is 1. The molecule has 1 fully saturated rings. The normalized spacial score (nSPS) is 14.4. The summed E-state index contributed by atoms with van der Waals surface area (Å²) >= 11 is 1.08. The second-order valence-electron chi connectivity index (χ2n) is 3.96. The molecule has 0 saturated heterocycles. The molecule has 17 heavy (non-hydrogen) atoms. The number of nitrogens with one attached hydrogen (secondary N) is 1. The van der Waals surface area contributed by atoms with Gasteiger partial charge in [0.05, 0.1) is 0 Å². The molecule has 0 aromatic carbocycles. The van der Waals surface area contributed by atoms with Crippen LogP contribution in [0.5, 0.6) is 5.75 Å². The molecule has 2 rings (SSSR count). The first-order chi connectivity index (χ1) is 8.16. The van der Waals surface area contributed by atoms with Crippen molar-refractivity contribution in [1.29, 1.82) is 0 Å². The average Bonchev–Trinajstić information content (AvgIpc) is 3.00. The SMILES string of the molecule is O=C(COc1ccsc1C(=O)O)NCC1CC1. The minimum Gasteiger partial charge on any atom is -0.482 e. The minimum atomic E-state index is -1.03. The Morgan fingerprint density at radius 3 is 2.94 bits per heavy atom. The van der Waals surface area contributed by atoms with E-state index >= 15 is 0 Å². The van der Waals surface area contributed by atoms with Crippen LogP contribution < -0.4 is 10.1 Å². The van der Waals surface area contributed by atoms with Crippen LogP contribution in [0.25, 0.3) is 0 Å². The van der Waals surface area contributed by atoms with Crippen molar-refractivity contribution in [3.8, 4) is 5.75 Å². The highest BCUT2D eigenvalue weighted by Gasteiger charge is 2.21. The van der Waals surface area contributed by atoms with Gasteiger partial charge in [0.25, 0.3) is 5.91 Å². The van der Waals surface area contributed by atoms with Gasteiger partial charge in [-0.1, -0.05) is 0 Å². The maximum Gasteiger partial charge on any atom is 0.349 e. The van der Waals surface area contributed by atoms with Crippen LogP contribution in [0, 0.1) is 5.92 Å². The van der Waals surface area contributed by atoms with E-state index in [1.165, 1.54) is 12.8 Å². The molecule has 92 valence electrons. The lowest BCUT2D eigenvalue weighted by atomic mass is 10.4. The predicted molar refractivity (Wildman–Crippen MR) is 62.5 cm³/mol. The topological polar surface area (TPSA) is 75.6 Å². The van der Waals surface area contributed by atoms with Crippen molar-refractivity contribution in [2.24, 2.45) is 5.92 Å². The van der Waals surface area contributed by atoms with Gasteiger partial charge in [0.15, 0.2) is 11.5 Å². The monoisotopic (exact) mass is 255 g/mol. The lowest BCUT2D eigenvalue weighted by molar-refractivity contribution is -0.123. The van der Waals surface area contributed by atoms with Gasteiger partial charge in [-0.3, -0.25) is 4.79 Å². The molecule has 1 aromatic heterocycles. The van der Waals surface area contributed by atoms with Crippen molar-refractivity contribution >= 4 is 23.2 Å². The Morgan fingerprint density at radius 2 is 2.29 bits per heavy atom. The van der Waals surface area contributed by atoms with E-state index in [-0.39, 0.29) is 23.1 Å². The maximum absolute atomic E-state index is 11.4. The third-order valence-electron chi connectivity index (χ3n) is 2.47. The molecule has 0 radical (unpaired) electrons. The predicted octanol–water partition coefficient (Wildman–Crippen LogP) is 1.35. The van der Waals surface area contributed by atoms with Crippen LogP contribution in [0.15, 0.2) is 11.4 Å². The van der Waals surface area contributed by atoms with Crippen molar-refractivity contribution in [2.75, 3.05) is 13.2 Å². The number of thiophene rings is 1. The van der Waals surface area contributed by atoms with Crippen molar-refractivity contribution < 1.29 is 19.4 Å². The zero-order valence-electron chi connectivity index (χ0n) is 9.14. The van der Waals surface area contributed by atoms with Crippen molar-refractivity contribution in [3.05, 3.63) is 16.3 Å². The van der Waals surface area contributed by atoms with E-state index < -0.39 is 5.97 Å². The van der Waals surface area contributed by atoms with Crippen LogP contribution in [-0.2, 0) is 4.79 Å². The van der Waals surface area contributed by atoms with Crippen molar-refractivity contribution in [1.82, 2.24) is 5.32 Å². The number of carbonyl (C=O) groups is 2. The number of aromatic carboxylic acids is 1. The largest absolute Gasteiger partial charge is 0.482 e. The van der Waals surface area contributed by atoms with Crippen molar-refractivity contribution in [3.63, 3.8) is 0 Å². The Morgan fingerprint density at radius 1 is 1.53 bits per heavy atom. The Balaban J connectivity index is 1.77. The molecule has 1 aromatic rings. The molecule has 1 amide bonds. The summed E-state index contributed by atoms with van der Waals surface area (Å²) in [5, 5.41) is 13.2. The quantitative estimate of drug-likeness (QED) is 0.804. The van der Waals surface area contributed by atoms with E-state index in [0.717, 1.165) is 11.3 Å². The average molecular weight is 255 g/mol. The third kappa shape index (κ3) is 3.45. The zero-order chi connectivity index (χ0) is 12.3. The molecule has 1 aliphatic carbocycles. The highest BCUT2D eigenvalue weighted by molar-refractivity contribution is 7.12. The first-order valence-corrected chi connectivity index (χ1v) is 6.25. The van der Waals surface area contributed by atoms with Gasteiger partial charge in [0.1, 0.15) is 5.75 Å². The third-order valence-corrected chi connectivity index (χ3v) is 3.35. The van der Waals surface area contributed by atoms with E-state index in [1.807, 2.05) is 0 Å². The molecular formula is C11H13NO4S. The highest BCUT2D eigenvalue weighted by Crippen LogP contribution is 2.27. The number of amides is 1. The molecular weight excluding hydrogens is 242 g/mol. The Bertz CT molecular complexity index is 425. The molecule has 6 heteroatoms. The second-order valence-corrected chi connectivity index (χ2v) is 4.87. The maximum atomic E-state index is 11.4. The fraction of sp³-hybridized carbons (Fsp3) is 0.455. The van der Waals surface area contributed by atoms with Gasteiger partial charge < -0.3 is 15.2 Å².